The lowest BCUT2D eigenvalue weighted by atomic mass is 9.47. The second-order valence-electron chi connectivity index (χ2n) is 20.5. The molecule has 62 heavy (non-hydrogen) atoms. The van der Waals surface area contributed by atoms with Gasteiger partial charge in [-0.05, 0) is 136 Å². The molecule has 0 amide bonds. The molecule has 3 N–H and O–H groups in total. The number of aliphatic hydroxyl groups excluding tert-OH is 3. The van der Waals surface area contributed by atoms with E-state index in [1.165, 1.54) is 19.6 Å². The van der Waals surface area contributed by atoms with Crippen LogP contribution in [-0.2, 0) is 33.2 Å². The van der Waals surface area contributed by atoms with E-state index in [9.17, 15) is 24.9 Å². The molecule has 0 spiro atoms. The molecular formula is C49H75NO12. The standard InChI is InChI=1S/C49H75NO12/c1-28(26-50(6)7)10-9-11-29(2)41-40(25-37-35-17-14-32-24-33(52)18-21-48(32,4)36(35)19-22-49(37,41)5)60-47-44(59-30(3)51)42(39(54)27-58-47)62-46-43(38(53)20-23-57-46)61-45(55)31-12-15-34(56-8)16-13-31/h12-16,28-29,33,35-44,46-47,52-54H,9-11,17-27H2,1-8H3/t28-,29-,33+,35-,36+,37+,38+,39+,40+,41+,42+,43-,44-,46+,47+,48+,49+/m1/s1. The fourth-order valence-corrected chi connectivity index (χ4v) is 13.1. The SMILES string of the molecule is COc1ccc(C(=O)O[C@H]2[C@H](O[C@@H]3[C@@H](OC(C)=O)[C@H](O[C@H]4C[C@H]5[C@@H]6CC=C7C[C@@H](O)CC[C@]7(C)[C@H]6CC[C@]5(C)[C@H]4[C@H](C)CCC[C@@H](C)CN(C)C)OC[C@@H]3O)OCC[C@@H]2O)cc1. The van der Waals surface area contributed by atoms with Crippen LogP contribution >= 0.6 is 0 Å². The maximum absolute atomic E-state index is 13.3. The van der Waals surface area contributed by atoms with Gasteiger partial charge in [0.1, 0.15) is 18.0 Å². The molecule has 0 radical (unpaired) electrons. The molecule has 1 aromatic rings. The van der Waals surface area contributed by atoms with Crippen LogP contribution in [0.5, 0.6) is 5.75 Å². The number of fused-ring (bicyclic) bond motifs is 5. The summed E-state index contributed by atoms with van der Waals surface area (Å²) in [5.41, 5.74) is 1.79. The largest absolute Gasteiger partial charge is 0.497 e. The van der Waals surface area contributed by atoms with Crippen molar-refractivity contribution in [1.82, 2.24) is 4.90 Å². The van der Waals surface area contributed by atoms with Crippen LogP contribution in [0.4, 0.5) is 0 Å². The Balaban J connectivity index is 1.13. The first-order chi connectivity index (χ1) is 29.5. The number of nitrogens with zero attached hydrogens (tertiary/aromatic N) is 1. The molecule has 13 nitrogen and oxygen atoms in total. The smallest absolute Gasteiger partial charge is 0.338 e. The van der Waals surface area contributed by atoms with Crippen molar-refractivity contribution in [2.75, 3.05) is 41.0 Å². The van der Waals surface area contributed by atoms with Gasteiger partial charge in [0.2, 0.25) is 0 Å². The molecule has 3 saturated carbocycles. The van der Waals surface area contributed by atoms with Crippen molar-refractivity contribution < 1.29 is 58.1 Å². The van der Waals surface area contributed by atoms with Crippen molar-refractivity contribution in [3.05, 3.63) is 41.5 Å². The second-order valence-corrected chi connectivity index (χ2v) is 20.5. The van der Waals surface area contributed by atoms with Gasteiger partial charge in [0.05, 0.1) is 44.2 Å². The van der Waals surface area contributed by atoms with E-state index in [2.05, 4.69) is 52.8 Å². The molecule has 6 aliphatic rings. The van der Waals surface area contributed by atoms with Crippen molar-refractivity contribution in [3.8, 4) is 5.75 Å². The maximum Gasteiger partial charge on any atom is 0.338 e. The molecule has 5 fully saturated rings. The summed E-state index contributed by atoms with van der Waals surface area (Å²) in [6, 6.07) is 6.41. The zero-order chi connectivity index (χ0) is 44.5. The van der Waals surface area contributed by atoms with Gasteiger partial charge in [-0.1, -0.05) is 52.2 Å². The Morgan fingerprint density at radius 1 is 0.887 bits per heavy atom. The Labute approximate surface area is 369 Å². The summed E-state index contributed by atoms with van der Waals surface area (Å²) in [6.07, 6.45) is 3.96. The number of methoxy groups -OCH3 is 1. The van der Waals surface area contributed by atoms with Gasteiger partial charge in [0.25, 0.3) is 0 Å². The highest BCUT2D eigenvalue weighted by molar-refractivity contribution is 5.89. The van der Waals surface area contributed by atoms with Gasteiger partial charge in [0.15, 0.2) is 24.8 Å². The third kappa shape index (κ3) is 9.95. The van der Waals surface area contributed by atoms with E-state index >= 15 is 0 Å². The molecule has 17 atom stereocenters. The monoisotopic (exact) mass is 870 g/mol. The van der Waals surface area contributed by atoms with Gasteiger partial charge in [-0.25, -0.2) is 4.79 Å². The quantitative estimate of drug-likeness (QED) is 0.133. The van der Waals surface area contributed by atoms with Crippen LogP contribution < -0.4 is 4.74 Å². The van der Waals surface area contributed by atoms with Gasteiger partial charge in [0, 0.05) is 19.9 Å². The summed E-state index contributed by atoms with van der Waals surface area (Å²) < 4.78 is 42.9. The Morgan fingerprint density at radius 3 is 2.34 bits per heavy atom. The Morgan fingerprint density at radius 2 is 1.63 bits per heavy atom. The number of esters is 2. The van der Waals surface area contributed by atoms with Crippen molar-refractivity contribution in [1.29, 1.82) is 0 Å². The predicted molar refractivity (Wildman–Crippen MR) is 231 cm³/mol. The molecule has 13 heteroatoms. The fraction of sp³-hybridized carbons (Fsp3) is 0.796. The number of hydrogen-bond donors (Lipinski definition) is 3. The Bertz CT molecular complexity index is 1710. The summed E-state index contributed by atoms with van der Waals surface area (Å²) in [7, 11) is 5.79. The first-order valence-corrected chi connectivity index (χ1v) is 23.5. The number of allylic oxidation sites excluding steroid dienone is 1. The number of carbonyl (C=O) groups excluding carboxylic acids is 2. The van der Waals surface area contributed by atoms with Crippen LogP contribution in [0, 0.1) is 46.3 Å². The number of ether oxygens (including phenoxy) is 7. The van der Waals surface area contributed by atoms with Crippen molar-refractivity contribution in [3.63, 3.8) is 0 Å². The third-order valence-electron chi connectivity index (χ3n) is 16.0. The van der Waals surface area contributed by atoms with Gasteiger partial charge in [-0.15, -0.1) is 0 Å². The highest BCUT2D eigenvalue weighted by Crippen LogP contribution is 2.68. The van der Waals surface area contributed by atoms with Crippen LogP contribution in [0.3, 0.4) is 0 Å². The lowest BCUT2D eigenvalue weighted by molar-refractivity contribution is -0.334. The average Bonchev–Trinajstić information content (AvgIpc) is 3.52. The number of carbonyl (C=O) groups is 2. The van der Waals surface area contributed by atoms with Crippen molar-refractivity contribution in [2.45, 2.75) is 161 Å². The summed E-state index contributed by atoms with van der Waals surface area (Å²) in [5, 5.41) is 33.2. The first kappa shape index (κ1) is 47.3. The van der Waals surface area contributed by atoms with Crippen molar-refractivity contribution >= 4 is 11.9 Å². The molecule has 2 heterocycles. The zero-order valence-electron chi connectivity index (χ0n) is 38.4. The highest BCUT2D eigenvalue weighted by atomic mass is 16.7. The van der Waals surface area contributed by atoms with E-state index < -0.39 is 55.0 Å². The van der Waals surface area contributed by atoms with E-state index in [0.29, 0.717) is 35.3 Å². The van der Waals surface area contributed by atoms with Gasteiger partial charge < -0.3 is 53.4 Å². The zero-order valence-corrected chi connectivity index (χ0v) is 38.4. The number of benzene rings is 1. The first-order valence-electron chi connectivity index (χ1n) is 23.5. The third-order valence-corrected chi connectivity index (χ3v) is 16.0. The van der Waals surface area contributed by atoms with Crippen LogP contribution in [0.1, 0.15) is 116 Å². The minimum Gasteiger partial charge on any atom is -0.497 e. The fourth-order valence-electron chi connectivity index (χ4n) is 13.1. The molecule has 1 aromatic carbocycles. The number of aliphatic hydroxyl groups is 3. The number of hydrogen-bond acceptors (Lipinski definition) is 13. The second kappa shape index (κ2) is 19.9. The van der Waals surface area contributed by atoms with E-state index in [0.717, 1.165) is 70.8 Å². The molecule has 2 saturated heterocycles. The van der Waals surface area contributed by atoms with E-state index in [1.807, 2.05) is 0 Å². The van der Waals surface area contributed by atoms with Crippen LogP contribution in [0.25, 0.3) is 0 Å². The highest BCUT2D eigenvalue weighted by Gasteiger charge is 2.63. The predicted octanol–water partition coefficient (Wildman–Crippen LogP) is 6.30. The van der Waals surface area contributed by atoms with Crippen molar-refractivity contribution in [2.24, 2.45) is 46.3 Å². The topological polar surface area (TPSA) is 163 Å². The average molecular weight is 870 g/mol. The van der Waals surface area contributed by atoms with E-state index in [-0.39, 0.29) is 54.2 Å². The molecule has 348 valence electrons. The lowest BCUT2D eigenvalue weighted by Gasteiger charge is -2.58. The Hall–Kier alpha value is -2.62. The molecule has 7 rings (SSSR count). The molecule has 0 bridgehead atoms. The molecule has 0 unspecified atom stereocenters. The normalized spacial score (nSPS) is 40.3. The Kier molecular flexibility index (Phi) is 15.2. The number of rotatable bonds is 15. The van der Waals surface area contributed by atoms with Gasteiger partial charge >= 0.3 is 11.9 Å². The van der Waals surface area contributed by atoms with E-state index in [1.54, 1.807) is 24.3 Å². The minimum atomic E-state index is -1.28. The maximum atomic E-state index is 13.3. The lowest BCUT2D eigenvalue weighted by Crippen LogP contribution is -2.60. The van der Waals surface area contributed by atoms with Crippen LogP contribution in [-0.4, -0.2) is 128 Å². The molecular weight excluding hydrogens is 795 g/mol. The summed E-state index contributed by atoms with van der Waals surface area (Å²) in [6.45, 7) is 12.0. The summed E-state index contributed by atoms with van der Waals surface area (Å²) >= 11 is 0. The summed E-state index contributed by atoms with van der Waals surface area (Å²) in [5.74, 6) is 1.87. The minimum absolute atomic E-state index is 0.00442. The van der Waals surface area contributed by atoms with Gasteiger partial charge in [-0.2, -0.15) is 0 Å². The molecule has 2 aliphatic heterocycles. The van der Waals surface area contributed by atoms with Crippen LogP contribution in [0.15, 0.2) is 35.9 Å². The van der Waals surface area contributed by atoms with E-state index in [4.69, 9.17) is 33.2 Å². The summed E-state index contributed by atoms with van der Waals surface area (Å²) in [4.78, 5) is 28.4. The van der Waals surface area contributed by atoms with Crippen LogP contribution in [0.2, 0.25) is 0 Å². The molecule has 4 aliphatic carbocycles. The molecule has 0 aromatic heterocycles. The van der Waals surface area contributed by atoms with Gasteiger partial charge in [-0.3, -0.25) is 4.79 Å².